The van der Waals surface area contributed by atoms with Crippen molar-refractivity contribution in [1.82, 2.24) is 24.7 Å². The van der Waals surface area contributed by atoms with Crippen molar-refractivity contribution in [3.05, 3.63) is 75.8 Å². The first-order valence-electron chi connectivity index (χ1n) is 9.06. The number of aromatic amines is 1. The number of methoxy groups -OCH3 is 1. The Kier molecular flexibility index (Phi) is 4.44. The summed E-state index contributed by atoms with van der Waals surface area (Å²) in [5.74, 6) is 1.12. The van der Waals surface area contributed by atoms with Gasteiger partial charge in [0.1, 0.15) is 5.75 Å². The molecule has 3 aromatic heterocycles. The Morgan fingerprint density at radius 3 is 2.70 bits per heavy atom. The lowest BCUT2D eigenvalue weighted by atomic mass is 10.2. The molecule has 0 aliphatic carbocycles. The normalized spacial score (nSPS) is 11.1. The number of benzene rings is 2. The molecular formula is C21H15BrN6O2. The van der Waals surface area contributed by atoms with Crippen LogP contribution in [0.4, 0.5) is 11.6 Å². The van der Waals surface area contributed by atoms with Crippen molar-refractivity contribution in [2.75, 3.05) is 12.4 Å². The van der Waals surface area contributed by atoms with Crippen LogP contribution in [-0.4, -0.2) is 31.8 Å². The summed E-state index contributed by atoms with van der Waals surface area (Å²) < 4.78 is 7.62. The molecule has 0 spiro atoms. The van der Waals surface area contributed by atoms with Crippen LogP contribution in [0.2, 0.25) is 0 Å². The molecule has 9 heteroatoms. The Morgan fingerprint density at radius 1 is 1.10 bits per heavy atom. The Hall–Kier alpha value is -3.72. The fourth-order valence-corrected chi connectivity index (χ4v) is 3.70. The van der Waals surface area contributed by atoms with Gasteiger partial charge >= 0.3 is 0 Å². The van der Waals surface area contributed by atoms with E-state index in [1.54, 1.807) is 17.9 Å². The number of nitrogens with one attached hydrogen (secondary N) is 2. The second-order valence-electron chi connectivity index (χ2n) is 6.56. The van der Waals surface area contributed by atoms with E-state index in [9.17, 15) is 4.79 Å². The van der Waals surface area contributed by atoms with Crippen LogP contribution in [0.15, 0.2) is 70.2 Å². The molecule has 8 nitrogen and oxygen atoms in total. The van der Waals surface area contributed by atoms with E-state index >= 15 is 0 Å². The molecule has 3 heterocycles. The van der Waals surface area contributed by atoms with Gasteiger partial charge in [0.25, 0.3) is 5.56 Å². The maximum Gasteiger partial charge on any atom is 0.267 e. The summed E-state index contributed by atoms with van der Waals surface area (Å²) in [4.78, 5) is 22.3. The SMILES string of the molecule is COc1ccc(Nc2ncc3c4[nH]ncc4c(=O)n(-c4cccc(Br)c4)c3n2)cc1. The van der Waals surface area contributed by atoms with Crippen molar-refractivity contribution in [3.63, 3.8) is 0 Å². The molecule has 0 saturated carbocycles. The highest BCUT2D eigenvalue weighted by molar-refractivity contribution is 9.10. The van der Waals surface area contributed by atoms with Crippen LogP contribution in [0.5, 0.6) is 5.75 Å². The second kappa shape index (κ2) is 7.27. The lowest BCUT2D eigenvalue weighted by molar-refractivity contribution is 0.415. The van der Waals surface area contributed by atoms with Crippen LogP contribution < -0.4 is 15.6 Å². The van der Waals surface area contributed by atoms with E-state index in [4.69, 9.17) is 4.74 Å². The minimum Gasteiger partial charge on any atom is -0.497 e. The van der Waals surface area contributed by atoms with Gasteiger partial charge in [-0.15, -0.1) is 0 Å². The lowest BCUT2D eigenvalue weighted by Crippen LogP contribution is -2.20. The molecule has 148 valence electrons. The van der Waals surface area contributed by atoms with Crippen molar-refractivity contribution < 1.29 is 4.74 Å². The molecule has 0 amide bonds. The molecule has 0 fully saturated rings. The highest BCUT2D eigenvalue weighted by Crippen LogP contribution is 2.25. The fraction of sp³-hybridized carbons (Fsp3) is 0.0476. The number of H-pyrrole nitrogens is 1. The summed E-state index contributed by atoms with van der Waals surface area (Å²) in [6.45, 7) is 0. The molecule has 0 atom stereocenters. The van der Waals surface area contributed by atoms with E-state index in [-0.39, 0.29) is 5.56 Å². The number of fused-ring (bicyclic) bond motifs is 3. The van der Waals surface area contributed by atoms with Gasteiger partial charge in [0.2, 0.25) is 5.95 Å². The van der Waals surface area contributed by atoms with Gasteiger partial charge in [-0.1, -0.05) is 22.0 Å². The summed E-state index contributed by atoms with van der Waals surface area (Å²) in [5.41, 5.74) is 2.36. The molecular weight excluding hydrogens is 448 g/mol. The third kappa shape index (κ3) is 3.09. The summed E-state index contributed by atoms with van der Waals surface area (Å²) in [6.07, 6.45) is 3.21. The number of rotatable bonds is 4. The largest absolute Gasteiger partial charge is 0.497 e. The number of anilines is 2. The predicted octanol–water partition coefficient (Wildman–Crippen LogP) is 4.17. The number of ether oxygens (including phenoxy) is 1. The smallest absolute Gasteiger partial charge is 0.267 e. The van der Waals surface area contributed by atoms with Crippen LogP contribution in [0.1, 0.15) is 0 Å². The summed E-state index contributed by atoms with van der Waals surface area (Å²) >= 11 is 3.47. The summed E-state index contributed by atoms with van der Waals surface area (Å²) in [5, 5.41) is 11.3. The van der Waals surface area contributed by atoms with Crippen molar-refractivity contribution >= 4 is 49.5 Å². The first kappa shape index (κ1) is 18.3. The van der Waals surface area contributed by atoms with Gasteiger partial charge in [0, 0.05) is 16.4 Å². The molecule has 0 saturated heterocycles. The molecule has 0 radical (unpaired) electrons. The van der Waals surface area contributed by atoms with Gasteiger partial charge in [0.15, 0.2) is 5.65 Å². The summed E-state index contributed by atoms with van der Waals surface area (Å²) in [6, 6.07) is 14.9. The number of hydrogen-bond donors (Lipinski definition) is 2. The number of halogens is 1. The molecule has 2 aromatic carbocycles. The molecule has 0 unspecified atom stereocenters. The lowest BCUT2D eigenvalue weighted by Gasteiger charge is -2.12. The van der Waals surface area contributed by atoms with Crippen molar-refractivity contribution in [2.24, 2.45) is 0 Å². The fourth-order valence-electron chi connectivity index (χ4n) is 3.31. The first-order valence-corrected chi connectivity index (χ1v) is 9.85. The highest BCUT2D eigenvalue weighted by Gasteiger charge is 2.16. The monoisotopic (exact) mass is 462 g/mol. The minimum absolute atomic E-state index is 0.210. The second-order valence-corrected chi connectivity index (χ2v) is 7.48. The van der Waals surface area contributed by atoms with Crippen LogP contribution in [0.25, 0.3) is 27.6 Å². The van der Waals surface area contributed by atoms with Crippen molar-refractivity contribution in [1.29, 1.82) is 0 Å². The van der Waals surface area contributed by atoms with E-state index in [1.807, 2.05) is 48.5 Å². The number of nitrogens with zero attached hydrogens (tertiary/aromatic N) is 4. The van der Waals surface area contributed by atoms with Gasteiger partial charge in [-0.25, -0.2) is 4.98 Å². The van der Waals surface area contributed by atoms with Crippen LogP contribution >= 0.6 is 15.9 Å². The van der Waals surface area contributed by atoms with Crippen LogP contribution in [0.3, 0.4) is 0 Å². The zero-order valence-electron chi connectivity index (χ0n) is 15.8. The zero-order valence-corrected chi connectivity index (χ0v) is 17.3. The van der Waals surface area contributed by atoms with E-state index in [2.05, 4.69) is 41.4 Å². The molecule has 30 heavy (non-hydrogen) atoms. The Bertz CT molecular complexity index is 1440. The Labute approximate surface area is 178 Å². The maximum atomic E-state index is 13.2. The average molecular weight is 463 g/mol. The van der Waals surface area contributed by atoms with Gasteiger partial charge in [-0.05, 0) is 42.5 Å². The third-order valence-corrected chi connectivity index (χ3v) is 5.23. The molecule has 5 rings (SSSR count). The van der Waals surface area contributed by atoms with Crippen molar-refractivity contribution in [2.45, 2.75) is 0 Å². The molecule has 0 bridgehead atoms. The minimum atomic E-state index is -0.210. The van der Waals surface area contributed by atoms with E-state index in [0.717, 1.165) is 15.9 Å². The van der Waals surface area contributed by atoms with E-state index in [1.165, 1.54) is 6.20 Å². The Morgan fingerprint density at radius 2 is 1.93 bits per heavy atom. The number of hydrogen-bond acceptors (Lipinski definition) is 6. The zero-order chi connectivity index (χ0) is 20.7. The van der Waals surface area contributed by atoms with Gasteiger partial charge in [-0.2, -0.15) is 10.1 Å². The molecule has 2 N–H and O–H groups in total. The molecule has 0 aliphatic heterocycles. The number of aromatic nitrogens is 5. The van der Waals surface area contributed by atoms with Gasteiger partial charge in [-0.3, -0.25) is 14.5 Å². The maximum absolute atomic E-state index is 13.2. The average Bonchev–Trinajstić information content (AvgIpc) is 3.25. The van der Waals surface area contributed by atoms with Gasteiger partial charge in [0.05, 0.1) is 35.3 Å². The topological polar surface area (TPSA) is 97.7 Å². The third-order valence-electron chi connectivity index (χ3n) is 4.74. The number of pyridine rings is 1. The van der Waals surface area contributed by atoms with Crippen LogP contribution in [-0.2, 0) is 0 Å². The Balaban J connectivity index is 1.72. The van der Waals surface area contributed by atoms with Crippen LogP contribution in [0, 0.1) is 0 Å². The quantitative estimate of drug-likeness (QED) is 0.415. The molecule has 5 aromatic rings. The van der Waals surface area contributed by atoms with Gasteiger partial charge < -0.3 is 10.1 Å². The highest BCUT2D eigenvalue weighted by atomic mass is 79.9. The molecule has 0 aliphatic rings. The van der Waals surface area contributed by atoms with E-state index < -0.39 is 0 Å². The summed E-state index contributed by atoms with van der Waals surface area (Å²) in [7, 11) is 1.62. The first-order chi connectivity index (χ1) is 14.6. The van der Waals surface area contributed by atoms with Crippen molar-refractivity contribution in [3.8, 4) is 11.4 Å². The standard InChI is InChI=1S/C21H15BrN6O2/c1-30-15-7-5-13(6-8-15)25-21-23-10-16-18-17(11-24-27-18)20(29)28(19(16)26-21)14-4-2-3-12(22)9-14/h2-11H,1H3,(H,24,27)(H,23,25,26). The predicted molar refractivity (Wildman–Crippen MR) is 119 cm³/mol. The van der Waals surface area contributed by atoms with E-state index in [0.29, 0.717) is 33.6 Å².